The van der Waals surface area contributed by atoms with Gasteiger partial charge in [-0.15, -0.1) is 10.2 Å². The van der Waals surface area contributed by atoms with Crippen LogP contribution in [-0.4, -0.2) is 33.2 Å². The van der Waals surface area contributed by atoms with Crippen molar-refractivity contribution in [3.05, 3.63) is 71.1 Å². The lowest BCUT2D eigenvalue weighted by Gasteiger charge is -2.08. The molecule has 0 spiro atoms. The van der Waals surface area contributed by atoms with Crippen molar-refractivity contribution in [2.24, 2.45) is 10.2 Å². The van der Waals surface area contributed by atoms with Gasteiger partial charge in [-0.1, -0.05) is 24.3 Å². The number of aromatic carboxylic acids is 2. The Morgan fingerprint density at radius 3 is 2.00 bits per heavy atom. The Hall–Kier alpha value is -4.01. The van der Waals surface area contributed by atoms with Crippen molar-refractivity contribution in [2.45, 2.75) is 6.92 Å². The molecule has 0 aliphatic rings. The van der Waals surface area contributed by atoms with Gasteiger partial charge in [-0.3, -0.25) is 4.79 Å². The molecule has 1 amide bonds. The molecule has 4 N–H and O–H groups in total. The number of nitrogens with zero attached hydrogens (tertiary/aromatic N) is 2. The van der Waals surface area contributed by atoms with Crippen molar-refractivity contribution < 1.29 is 29.7 Å². The van der Waals surface area contributed by atoms with Crippen LogP contribution in [0.15, 0.2) is 70.2 Å². The first-order valence-corrected chi connectivity index (χ1v) is 7.59. The molecule has 9 nitrogen and oxygen atoms in total. The zero-order valence-electron chi connectivity index (χ0n) is 14.1. The lowest BCUT2D eigenvalue weighted by Crippen LogP contribution is -2.17. The third kappa shape index (κ3) is 4.75. The summed E-state index contributed by atoms with van der Waals surface area (Å²) in [5, 5.41) is 37.7. The summed E-state index contributed by atoms with van der Waals surface area (Å²) in [6, 6.07) is 11.5. The van der Waals surface area contributed by atoms with Crippen molar-refractivity contribution >= 4 is 29.2 Å². The number of aliphatic hydroxyl groups excluding tert-OH is 1. The maximum Gasteiger partial charge on any atom is 0.337 e. The zero-order chi connectivity index (χ0) is 20.0. The molecule has 0 aromatic heterocycles. The number of azo groups is 1. The highest BCUT2D eigenvalue weighted by atomic mass is 16.4. The Labute approximate surface area is 153 Å². The maximum absolute atomic E-state index is 12.4. The van der Waals surface area contributed by atoms with Crippen LogP contribution in [0.1, 0.15) is 27.6 Å². The number of nitrogens with one attached hydrogen (secondary N) is 1. The quantitative estimate of drug-likeness (QED) is 0.347. The number of hydrogen-bond donors (Lipinski definition) is 4. The SMILES string of the molecule is C/C(O)=C(\N=Nc1ccccc1C(=O)O)C(=O)Nc1ccccc1C(=O)O. The number of carbonyl (C=O) groups is 3. The van der Waals surface area contributed by atoms with Crippen molar-refractivity contribution in [3.8, 4) is 0 Å². The highest BCUT2D eigenvalue weighted by Crippen LogP contribution is 2.22. The molecule has 27 heavy (non-hydrogen) atoms. The summed E-state index contributed by atoms with van der Waals surface area (Å²) >= 11 is 0. The van der Waals surface area contributed by atoms with Gasteiger partial charge in [0, 0.05) is 0 Å². The van der Waals surface area contributed by atoms with E-state index < -0.39 is 29.3 Å². The zero-order valence-corrected chi connectivity index (χ0v) is 14.1. The summed E-state index contributed by atoms with van der Waals surface area (Å²) in [7, 11) is 0. The van der Waals surface area contributed by atoms with Crippen LogP contribution in [0.5, 0.6) is 0 Å². The Morgan fingerprint density at radius 1 is 0.852 bits per heavy atom. The van der Waals surface area contributed by atoms with Gasteiger partial charge in [-0.05, 0) is 31.2 Å². The molecule has 2 aromatic rings. The minimum Gasteiger partial charge on any atom is -0.510 e. The average Bonchev–Trinajstić information content (AvgIpc) is 2.62. The summed E-state index contributed by atoms with van der Waals surface area (Å²) in [6.45, 7) is 1.19. The summed E-state index contributed by atoms with van der Waals surface area (Å²) in [6.07, 6.45) is 0. The fourth-order valence-electron chi connectivity index (χ4n) is 2.09. The molecule has 0 saturated carbocycles. The number of aliphatic hydroxyl groups is 1. The van der Waals surface area contributed by atoms with E-state index in [1.165, 1.54) is 49.4 Å². The normalized spacial score (nSPS) is 11.7. The Balaban J connectivity index is 2.32. The molecule has 2 rings (SSSR count). The van der Waals surface area contributed by atoms with E-state index in [1.54, 1.807) is 6.07 Å². The number of carboxylic acid groups (broad SMARTS) is 2. The molecule has 0 heterocycles. The van der Waals surface area contributed by atoms with Crippen LogP contribution in [-0.2, 0) is 4.79 Å². The molecule has 0 unspecified atom stereocenters. The fourth-order valence-corrected chi connectivity index (χ4v) is 2.09. The van der Waals surface area contributed by atoms with Crippen LogP contribution < -0.4 is 5.32 Å². The molecular formula is C18H15N3O6. The highest BCUT2D eigenvalue weighted by molar-refractivity contribution is 6.07. The van der Waals surface area contributed by atoms with Crippen LogP contribution in [0.2, 0.25) is 0 Å². The molecular weight excluding hydrogens is 354 g/mol. The minimum absolute atomic E-state index is 0.00915. The third-order valence-electron chi connectivity index (χ3n) is 3.36. The predicted molar refractivity (Wildman–Crippen MR) is 95.3 cm³/mol. The molecule has 9 heteroatoms. The van der Waals surface area contributed by atoms with Crippen molar-refractivity contribution in [2.75, 3.05) is 5.32 Å². The second kappa shape index (κ2) is 8.39. The Bertz CT molecular complexity index is 961. The van der Waals surface area contributed by atoms with Gasteiger partial charge < -0.3 is 20.6 Å². The fraction of sp³-hybridized carbons (Fsp3) is 0.0556. The Kier molecular flexibility index (Phi) is 6.00. The van der Waals surface area contributed by atoms with Crippen LogP contribution in [0.4, 0.5) is 11.4 Å². The largest absolute Gasteiger partial charge is 0.510 e. The summed E-state index contributed by atoms with van der Waals surface area (Å²) in [5.41, 5.74) is -0.769. The molecule has 2 aromatic carbocycles. The van der Waals surface area contributed by atoms with Crippen molar-refractivity contribution in [3.63, 3.8) is 0 Å². The van der Waals surface area contributed by atoms with E-state index in [0.29, 0.717) is 0 Å². The number of benzene rings is 2. The van der Waals surface area contributed by atoms with Crippen LogP contribution in [0, 0.1) is 0 Å². The van der Waals surface area contributed by atoms with Gasteiger partial charge in [-0.2, -0.15) is 0 Å². The molecule has 0 aliphatic carbocycles. The predicted octanol–water partition coefficient (Wildman–Crippen LogP) is 3.59. The number of hydrogen-bond acceptors (Lipinski definition) is 6. The lowest BCUT2D eigenvalue weighted by atomic mass is 10.1. The van der Waals surface area contributed by atoms with E-state index >= 15 is 0 Å². The first-order valence-electron chi connectivity index (χ1n) is 7.59. The standard InChI is InChI=1S/C18H15N3O6/c1-10(22)15(21-20-14-9-5-3-7-12(14)18(26)27)16(23)19-13-8-4-2-6-11(13)17(24)25/h2-9,22H,1H3,(H,19,23)(H,24,25)(H,26,27)/b15-10+,21-20?. The lowest BCUT2D eigenvalue weighted by molar-refractivity contribution is -0.113. The Morgan fingerprint density at radius 2 is 1.41 bits per heavy atom. The highest BCUT2D eigenvalue weighted by Gasteiger charge is 2.17. The third-order valence-corrected chi connectivity index (χ3v) is 3.36. The van der Waals surface area contributed by atoms with Gasteiger partial charge in [0.25, 0.3) is 5.91 Å². The second-order valence-corrected chi connectivity index (χ2v) is 5.26. The van der Waals surface area contributed by atoms with Gasteiger partial charge >= 0.3 is 11.9 Å². The van der Waals surface area contributed by atoms with Crippen LogP contribution >= 0.6 is 0 Å². The second-order valence-electron chi connectivity index (χ2n) is 5.26. The van der Waals surface area contributed by atoms with E-state index in [4.69, 9.17) is 10.2 Å². The first-order chi connectivity index (χ1) is 12.8. The number of anilines is 1. The van der Waals surface area contributed by atoms with E-state index in [9.17, 15) is 19.5 Å². The number of allylic oxidation sites excluding steroid dienone is 1. The van der Waals surface area contributed by atoms with E-state index in [-0.39, 0.29) is 22.5 Å². The van der Waals surface area contributed by atoms with Crippen LogP contribution in [0.3, 0.4) is 0 Å². The van der Waals surface area contributed by atoms with E-state index in [0.717, 1.165) is 0 Å². The smallest absolute Gasteiger partial charge is 0.337 e. The van der Waals surface area contributed by atoms with Gasteiger partial charge in [0.05, 0.1) is 16.8 Å². The van der Waals surface area contributed by atoms with Crippen molar-refractivity contribution in [1.29, 1.82) is 0 Å². The molecule has 0 radical (unpaired) electrons. The molecule has 0 aliphatic heterocycles. The minimum atomic E-state index is -1.24. The summed E-state index contributed by atoms with van der Waals surface area (Å²) in [4.78, 5) is 34.8. The average molecular weight is 369 g/mol. The van der Waals surface area contributed by atoms with Gasteiger partial charge in [0.1, 0.15) is 11.4 Å². The topological polar surface area (TPSA) is 149 Å². The molecule has 0 atom stereocenters. The van der Waals surface area contributed by atoms with Gasteiger partial charge in [-0.25, -0.2) is 9.59 Å². The molecule has 138 valence electrons. The molecule has 0 fully saturated rings. The van der Waals surface area contributed by atoms with Gasteiger partial charge in [0.2, 0.25) is 0 Å². The van der Waals surface area contributed by atoms with Gasteiger partial charge in [0.15, 0.2) is 5.70 Å². The van der Waals surface area contributed by atoms with E-state index in [1.807, 2.05) is 0 Å². The van der Waals surface area contributed by atoms with E-state index in [2.05, 4.69) is 15.5 Å². The number of amides is 1. The van der Waals surface area contributed by atoms with Crippen LogP contribution in [0.25, 0.3) is 0 Å². The number of para-hydroxylation sites is 1. The summed E-state index contributed by atoms with van der Waals surface area (Å²) in [5.74, 6) is -3.85. The molecule has 0 bridgehead atoms. The number of rotatable bonds is 6. The first kappa shape index (κ1) is 19.3. The summed E-state index contributed by atoms with van der Waals surface area (Å²) < 4.78 is 0. The maximum atomic E-state index is 12.4. The monoisotopic (exact) mass is 369 g/mol. The number of carboxylic acids is 2. The van der Waals surface area contributed by atoms with Crippen molar-refractivity contribution in [1.82, 2.24) is 0 Å². The molecule has 0 saturated heterocycles. The number of carbonyl (C=O) groups excluding carboxylic acids is 1.